The first kappa shape index (κ1) is 17.4. The SMILES string of the molecule is S=C1N[C@@H](c2ccccn2)[C@@H](c2cccn2-c2ccccc2)N1C1CCCC1. The molecule has 5 rings (SSSR count). The van der Waals surface area contributed by atoms with E-state index in [-0.39, 0.29) is 12.1 Å². The maximum atomic E-state index is 5.84. The number of hydrogen-bond donors (Lipinski definition) is 1. The Morgan fingerprint density at radius 1 is 0.929 bits per heavy atom. The summed E-state index contributed by atoms with van der Waals surface area (Å²) in [6, 6.07) is 21.7. The zero-order valence-electron chi connectivity index (χ0n) is 15.7. The number of nitrogens with zero attached hydrogens (tertiary/aromatic N) is 3. The lowest BCUT2D eigenvalue weighted by molar-refractivity contribution is 0.239. The molecule has 0 radical (unpaired) electrons. The molecule has 2 aromatic heterocycles. The molecular weight excluding hydrogens is 364 g/mol. The molecule has 1 N–H and O–H groups in total. The number of thiocarbonyl (C=S) groups is 1. The van der Waals surface area contributed by atoms with Crippen molar-refractivity contribution in [2.24, 2.45) is 0 Å². The van der Waals surface area contributed by atoms with E-state index in [1.807, 2.05) is 12.3 Å². The summed E-state index contributed by atoms with van der Waals surface area (Å²) >= 11 is 5.84. The van der Waals surface area contributed by atoms with Crippen molar-refractivity contribution in [2.45, 2.75) is 43.8 Å². The fourth-order valence-electron chi connectivity index (χ4n) is 4.72. The summed E-state index contributed by atoms with van der Waals surface area (Å²) in [6.45, 7) is 0. The van der Waals surface area contributed by atoms with Crippen LogP contribution in [0, 0.1) is 0 Å². The molecule has 2 atom stereocenters. The first-order valence-corrected chi connectivity index (χ1v) is 10.5. The number of hydrogen-bond acceptors (Lipinski definition) is 2. The predicted molar refractivity (Wildman–Crippen MR) is 115 cm³/mol. The van der Waals surface area contributed by atoms with Gasteiger partial charge in [0.25, 0.3) is 0 Å². The molecule has 1 aromatic carbocycles. The van der Waals surface area contributed by atoms with Crippen molar-refractivity contribution in [1.82, 2.24) is 19.8 Å². The summed E-state index contributed by atoms with van der Waals surface area (Å²) in [4.78, 5) is 7.12. The number of benzene rings is 1. The van der Waals surface area contributed by atoms with Crippen LogP contribution >= 0.6 is 12.2 Å². The molecular formula is C23H24N4S. The fraction of sp³-hybridized carbons (Fsp3) is 0.304. The highest BCUT2D eigenvalue weighted by Crippen LogP contribution is 2.43. The predicted octanol–water partition coefficient (Wildman–Crippen LogP) is 4.79. The van der Waals surface area contributed by atoms with Gasteiger partial charge in [-0.15, -0.1) is 0 Å². The van der Waals surface area contributed by atoms with Gasteiger partial charge in [0.15, 0.2) is 5.11 Å². The van der Waals surface area contributed by atoms with Gasteiger partial charge in [-0.25, -0.2) is 0 Å². The second kappa shape index (κ2) is 7.40. The summed E-state index contributed by atoms with van der Waals surface area (Å²) in [6.07, 6.45) is 8.99. The van der Waals surface area contributed by atoms with Gasteiger partial charge >= 0.3 is 0 Å². The minimum atomic E-state index is 0.0478. The third kappa shape index (κ3) is 3.00. The van der Waals surface area contributed by atoms with Crippen molar-refractivity contribution >= 4 is 17.3 Å². The van der Waals surface area contributed by atoms with Crippen molar-refractivity contribution < 1.29 is 0 Å². The molecule has 0 unspecified atom stereocenters. The molecule has 0 bridgehead atoms. The van der Waals surface area contributed by atoms with Crippen molar-refractivity contribution in [3.63, 3.8) is 0 Å². The summed E-state index contributed by atoms with van der Waals surface area (Å²) in [5, 5.41) is 4.45. The minimum Gasteiger partial charge on any atom is -0.352 e. The van der Waals surface area contributed by atoms with Crippen molar-refractivity contribution in [1.29, 1.82) is 0 Å². The monoisotopic (exact) mass is 388 g/mol. The average molecular weight is 389 g/mol. The highest BCUT2D eigenvalue weighted by molar-refractivity contribution is 7.80. The lowest BCUT2D eigenvalue weighted by Gasteiger charge is -2.33. The molecule has 1 aliphatic heterocycles. The zero-order valence-corrected chi connectivity index (χ0v) is 16.6. The van der Waals surface area contributed by atoms with Gasteiger partial charge in [0.05, 0.1) is 17.8 Å². The van der Waals surface area contributed by atoms with Crippen LogP contribution in [0.4, 0.5) is 0 Å². The van der Waals surface area contributed by atoms with Crippen LogP contribution in [0.25, 0.3) is 5.69 Å². The van der Waals surface area contributed by atoms with E-state index < -0.39 is 0 Å². The van der Waals surface area contributed by atoms with Gasteiger partial charge < -0.3 is 14.8 Å². The van der Waals surface area contributed by atoms with E-state index in [1.165, 1.54) is 37.1 Å². The summed E-state index contributed by atoms with van der Waals surface area (Å²) in [5.74, 6) is 0. The highest BCUT2D eigenvalue weighted by Gasteiger charge is 2.44. The minimum absolute atomic E-state index is 0.0478. The molecule has 1 saturated carbocycles. The Hall–Kier alpha value is -2.66. The van der Waals surface area contributed by atoms with Gasteiger partial charge in [-0.2, -0.15) is 0 Å². The standard InChI is InChI=1S/C23H24N4S/c28-23-25-21(19-13-6-7-15-24-19)22(27(23)18-11-4-5-12-18)20-14-8-16-26(20)17-9-2-1-3-10-17/h1-3,6-10,13-16,18,21-22H,4-5,11-12H2,(H,25,28)/t21-,22+/m0/s1. The number of para-hydroxylation sites is 1. The van der Waals surface area contributed by atoms with Crippen LogP contribution in [-0.2, 0) is 0 Å². The number of aromatic nitrogens is 2. The first-order chi connectivity index (χ1) is 13.8. The Balaban J connectivity index is 1.62. The van der Waals surface area contributed by atoms with E-state index in [2.05, 4.69) is 80.6 Å². The van der Waals surface area contributed by atoms with Crippen molar-refractivity contribution in [3.05, 3.63) is 84.4 Å². The van der Waals surface area contributed by atoms with E-state index in [1.54, 1.807) is 0 Å². The zero-order chi connectivity index (χ0) is 18.9. The Morgan fingerprint density at radius 2 is 1.71 bits per heavy atom. The average Bonchev–Trinajstić information content (AvgIpc) is 3.48. The molecule has 2 fully saturated rings. The van der Waals surface area contributed by atoms with Gasteiger partial charge in [-0.05, 0) is 61.5 Å². The summed E-state index contributed by atoms with van der Waals surface area (Å²) in [5.41, 5.74) is 3.46. The second-order valence-electron chi connectivity index (χ2n) is 7.61. The Labute approximate surface area is 171 Å². The molecule has 0 amide bonds. The molecule has 28 heavy (non-hydrogen) atoms. The Kier molecular flexibility index (Phi) is 4.61. The molecule has 3 aromatic rings. The summed E-state index contributed by atoms with van der Waals surface area (Å²) in [7, 11) is 0. The van der Waals surface area contributed by atoms with Crippen LogP contribution < -0.4 is 5.32 Å². The largest absolute Gasteiger partial charge is 0.352 e. The van der Waals surface area contributed by atoms with E-state index in [0.29, 0.717) is 6.04 Å². The number of rotatable bonds is 4. The van der Waals surface area contributed by atoms with Crippen molar-refractivity contribution in [3.8, 4) is 5.69 Å². The number of nitrogens with one attached hydrogen (secondary N) is 1. The van der Waals surface area contributed by atoms with E-state index >= 15 is 0 Å². The lowest BCUT2D eigenvalue weighted by Crippen LogP contribution is -2.38. The molecule has 1 aliphatic carbocycles. The molecule has 4 nitrogen and oxygen atoms in total. The van der Waals surface area contributed by atoms with Crippen LogP contribution in [0.1, 0.15) is 49.2 Å². The highest BCUT2D eigenvalue weighted by atomic mass is 32.1. The van der Waals surface area contributed by atoms with Gasteiger partial charge in [0.2, 0.25) is 0 Å². The van der Waals surface area contributed by atoms with Crippen LogP contribution in [0.3, 0.4) is 0 Å². The fourth-order valence-corrected chi connectivity index (χ4v) is 5.11. The van der Waals surface area contributed by atoms with Crippen LogP contribution in [-0.4, -0.2) is 25.6 Å². The van der Waals surface area contributed by atoms with Crippen LogP contribution in [0.5, 0.6) is 0 Å². The lowest BCUT2D eigenvalue weighted by atomic mass is 9.99. The van der Waals surface area contributed by atoms with Gasteiger partial charge in [0, 0.05) is 29.8 Å². The maximum absolute atomic E-state index is 5.84. The van der Waals surface area contributed by atoms with Crippen LogP contribution in [0.15, 0.2) is 73.1 Å². The molecule has 1 saturated heterocycles. The van der Waals surface area contributed by atoms with Gasteiger partial charge in [0.1, 0.15) is 0 Å². The third-order valence-corrected chi connectivity index (χ3v) is 6.30. The van der Waals surface area contributed by atoms with Gasteiger partial charge in [-0.1, -0.05) is 37.1 Å². The molecule has 2 aliphatic rings. The Bertz CT molecular complexity index is 947. The normalized spacial score (nSPS) is 22.6. The summed E-state index contributed by atoms with van der Waals surface area (Å²) < 4.78 is 2.29. The van der Waals surface area contributed by atoms with Crippen LogP contribution in [0.2, 0.25) is 0 Å². The quantitative estimate of drug-likeness (QED) is 0.652. The van der Waals surface area contributed by atoms with E-state index in [4.69, 9.17) is 12.2 Å². The van der Waals surface area contributed by atoms with Gasteiger partial charge in [-0.3, -0.25) is 4.98 Å². The maximum Gasteiger partial charge on any atom is 0.170 e. The molecule has 5 heteroatoms. The smallest absolute Gasteiger partial charge is 0.170 e. The van der Waals surface area contributed by atoms with Crippen molar-refractivity contribution in [2.75, 3.05) is 0 Å². The van der Waals surface area contributed by atoms with E-state index in [0.717, 1.165) is 10.8 Å². The Morgan fingerprint density at radius 3 is 2.46 bits per heavy atom. The molecule has 142 valence electrons. The van der Waals surface area contributed by atoms with E-state index in [9.17, 15) is 0 Å². The topological polar surface area (TPSA) is 33.1 Å². The third-order valence-electron chi connectivity index (χ3n) is 5.97. The second-order valence-corrected chi connectivity index (χ2v) is 8.00. The number of pyridine rings is 1. The first-order valence-electron chi connectivity index (χ1n) is 10.1. The molecule has 0 spiro atoms. The molecule has 3 heterocycles.